The lowest BCUT2D eigenvalue weighted by atomic mass is 9.97. The van der Waals surface area contributed by atoms with E-state index >= 15 is 0 Å². The number of aryl methyl sites for hydroxylation is 1. The fourth-order valence-corrected chi connectivity index (χ4v) is 3.65. The predicted octanol–water partition coefficient (Wildman–Crippen LogP) is 3.45. The van der Waals surface area contributed by atoms with Gasteiger partial charge in [0.25, 0.3) is 0 Å². The van der Waals surface area contributed by atoms with Crippen LogP contribution in [0.3, 0.4) is 0 Å². The van der Waals surface area contributed by atoms with Crippen LogP contribution in [0.4, 0.5) is 0 Å². The van der Waals surface area contributed by atoms with E-state index in [0.29, 0.717) is 5.25 Å². The lowest BCUT2D eigenvalue weighted by molar-refractivity contribution is 0.0396. The first-order valence-electron chi connectivity index (χ1n) is 5.91. The Morgan fingerprint density at radius 1 is 1.41 bits per heavy atom. The molecule has 0 spiro atoms. The number of rotatable bonds is 1. The Morgan fingerprint density at radius 2 is 2.24 bits per heavy atom. The standard InChI is InChI=1S/C14H16O2S/c1-9-3-4-12-11(5-9)6-13(16-12)14(15)7-10(2)17-8-14/h3-6,10,15H,7-8H2,1-2H3. The summed E-state index contributed by atoms with van der Waals surface area (Å²) in [5.41, 5.74) is 1.30. The summed E-state index contributed by atoms with van der Waals surface area (Å²) in [5, 5.41) is 12.2. The van der Waals surface area contributed by atoms with Gasteiger partial charge >= 0.3 is 0 Å². The van der Waals surface area contributed by atoms with Crippen LogP contribution in [0.5, 0.6) is 0 Å². The summed E-state index contributed by atoms with van der Waals surface area (Å²) >= 11 is 1.80. The van der Waals surface area contributed by atoms with E-state index in [4.69, 9.17) is 4.42 Å². The molecule has 2 atom stereocenters. The van der Waals surface area contributed by atoms with Crippen LogP contribution in [0.2, 0.25) is 0 Å². The highest BCUT2D eigenvalue weighted by Crippen LogP contribution is 2.42. The van der Waals surface area contributed by atoms with Crippen LogP contribution in [-0.4, -0.2) is 16.1 Å². The van der Waals surface area contributed by atoms with Crippen molar-refractivity contribution in [3.8, 4) is 0 Å². The van der Waals surface area contributed by atoms with E-state index < -0.39 is 5.60 Å². The van der Waals surface area contributed by atoms with E-state index in [1.807, 2.05) is 18.2 Å². The van der Waals surface area contributed by atoms with Gasteiger partial charge in [0.2, 0.25) is 0 Å². The number of thioether (sulfide) groups is 1. The van der Waals surface area contributed by atoms with Crippen molar-refractivity contribution >= 4 is 22.7 Å². The highest BCUT2D eigenvalue weighted by Gasteiger charge is 2.40. The topological polar surface area (TPSA) is 33.4 Å². The molecule has 0 amide bonds. The molecule has 2 unspecified atom stereocenters. The molecule has 0 saturated carbocycles. The Labute approximate surface area is 105 Å². The van der Waals surface area contributed by atoms with Crippen LogP contribution in [0.25, 0.3) is 11.0 Å². The lowest BCUT2D eigenvalue weighted by Gasteiger charge is -2.18. The lowest BCUT2D eigenvalue weighted by Crippen LogP contribution is -2.24. The highest BCUT2D eigenvalue weighted by atomic mass is 32.2. The molecule has 1 aromatic carbocycles. The van der Waals surface area contributed by atoms with E-state index in [2.05, 4.69) is 19.9 Å². The van der Waals surface area contributed by atoms with Gasteiger partial charge in [-0.2, -0.15) is 11.8 Å². The first kappa shape index (κ1) is 11.2. The van der Waals surface area contributed by atoms with E-state index in [-0.39, 0.29) is 0 Å². The van der Waals surface area contributed by atoms with E-state index in [1.165, 1.54) is 5.56 Å². The van der Waals surface area contributed by atoms with Crippen molar-refractivity contribution < 1.29 is 9.52 Å². The molecule has 1 aliphatic heterocycles. The summed E-state index contributed by atoms with van der Waals surface area (Å²) in [6.45, 7) is 4.21. The van der Waals surface area contributed by atoms with E-state index in [0.717, 1.165) is 28.9 Å². The summed E-state index contributed by atoms with van der Waals surface area (Å²) in [7, 11) is 0. The summed E-state index contributed by atoms with van der Waals surface area (Å²) in [6.07, 6.45) is 0.774. The Bertz CT molecular complexity index is 560. The molecule has 0 aliphatic carbocycles. The van der Waals surface area contributed by atoms with Crippen LogP contribution in [-0.2, 0) is 5.60 Å². The molecular weight excluding hydrogens is 232 g/mol. The largest absolute Gasteiger partial charge is 0.458 e. The smallest absolute Gasteiger partial charge is 0.137 e. The molecule has 90 valence electrons. The fourth-order valence-electron chi connectivity index (χ4n) is 2.44. The summed E-state index contributed by atoms with van der Waals surface area (Å²) in [4.78, 5) is 0. The zero-order chi connectivity index (χ0) is 12.0. The third kappa shape index (κ3) is 1.87. The summed E-state index contributed by atoms with van der Waals surface area (Å²) in [5.74, 6) is 1.45. The SMILES string of the molecule is Cc1ccc2oc(C3(O)CSC(C)C3)cc2c1. The van der Waals surface area contributed by atoms with Crippen LogP contribution in [0.1, 0.15) is 24.7 Å². The molecule has 1 aromatic heterocycles. The van der Waals surface area contributed by atoms with Crippen LogP contribution in [0.15, 0.2) is 28.7 Å². The van der Waals surface area contributed by atoms with Crippen molar-refractivity contribution in [3.63, 3.8) is 0 Å². The monoisotopic (exact) mass is 248 g/mol. The molecule has 17 heavy (non-hydrogen) atoms. The number of fused-ring (bicyclic) bond motifs is 1. The first-order valence-corrected chi connectivity index (χ1v) is 6.96. The molecule has 1 fully saturated rings. The average molecular weight is 248 g/mol. The van der Waals surface area contributed by atoms with Crippen molar-refractivity contribution in [2.75, 3.05) is 5.75 Å². The summed E-state index contributed by atoms with van der Waals surface area (Å²) in [6, 6.07) is 8.09. The van der Waals surface area contributed by atoms with Gasteiger partial charge < -0.3 is 9.52 Å². The van der Waals surface area contributed by atoms with E-state index in [9.17, 15) is 5.11 Å². The van der Waals surface area contributed by atoms with Gasteiger partial charge in [0.1, 0.15) is 16.9 Å². The van der Waals surface area contributed by atoms with Crippen molar-refractivity contribution in [2.45, 2.75) is 31.1 Å². The normalized spacial score (nSPS) is 29.0. The van der Waals surface area contributed by atoms with Gasteiger partial charge in [0.15, 0.2) is 0 Å². The van der Waals surface area contributed by atoms with Gasteiger partial charge in [-0.05, 0) is 31.5 Å². The second-order valence-electron chi connectivity index (χ2n) is 5.01. The highest BCUT2D eigenvalue weighted by molar-refractivity contribution is 8.00. The fraction of sp³-hybridized carbons (Fsp3) is 0.429. The zero-order valence-electron chi connectivity index (χ0n) is 10.1. The Hall–Kier alpha value is -0.930. The Balaban J connectivity index is 2.06. The van der Waals surface area contributed by atoms with Crippen molar-refractivity contribution in [1.29, 1.82) is 0 Å². The Kier molecular flexibility index (Phi) is 2.49. The van der Waals surface area contributed by atoms with Gasteiger partial charge in [0, 0.05) is 16.4 Å². The van der Waals surface area contributed by atoms with Gasteiger partial charge in [-0.1, -0.05) is 18.6 Å². The van der Waals surface area contributed by atoms with Gasteiger partial charge in [-0.3, -0.25) is 0 Å². The second-order valence-corrected chi connectivity index (χ2v) is 6.44. The molecule has 1 N–H and O–H groups in total. The van der Waals surface area contributed by atoms with Gasteiger partial charge in [-0.25, -0.2) is 0 Å². The van der Waals surface area contributed by atoms with Crippen LogP contribution in [0, 0.1) is 6.92 Å². The number of hydrogen-bond acceptors (Lipinski definition) is 3. The number of furan rings is 1. The molecule has 2 nitrogen and oxygen atoms in total. The summed E-state index contributed by atoms with van der Waals surface area (Å²) < 4.78 is 5.79. The van der Waals surface area contributed by atoms with Crippen molar-refractivity contribution in [3.05, 3.63) is 35.6 Å². The van der Waals surface area contributed by atoms with Crippen molar-refractivity contribution in [1.82, 2.24) is 0 Å². The second kappa shape index (κ2) is 3.79. The van der Waals surface area contributed by atoms with Crippen LogP contribution >= 0.6 is 11.8 Å². The Morgan fingerprint density at radius 3 is 2.94 bits per heavy atom. The maximum Gasteiger partial charge on any atom is 0.137 e. The van der Waals surface area contributed by atoms with Gasteiger partial charge in [0.05, 0.1) is 0 Å². The number of aliphatic hydroxyl groups is 1. The molecule has 1 aliphatic rings. The molecule has 1 saturated heterocycles. The predicted molar refractivity (Wildman–Crippen MR) is 71.4 cm³/mol. The molecule has 2 heterocycles. The maximum absolute atomic E-state index is 10.6. The molecular formula is C14H16O2S. The molecule has 3 heteroatoms. The van der Waals surface area contributed by atoms with Gasteiger partial charge in [-0.15, -0.1) is 0 Å². The molecule has 0 radical (unpaired) electrons. The molecule has 2 aromatic rings. The third-order valence-electron chi connectivity index (χ3n) is 3.36. The minimum absolute atomic E-state index is 0.495. The minimum Gasteiger partial charge on any atom is -0.458 e. The van der Waals surface area contributed by atoms with Crippen LogP contribution < -0.4 is 0 Å². The number of hydrogen-bond donors (Lipinski definition) is 1. The molecule has 3 rings (SSSR count). The van der Waals surface area contributed by atoms with Crippen molar-refractivity contribution in [2.24, 2.45) is 0 Å². The first-order chi connectivity index (χ1) is 8.07. The molecule has 0 bridgehead atoms. The maximum atomic E-state index is 10.6. The quantitative estimate of drug-likeness (QED) is 0.839. The zero-order valence-corrected chi connectivity index (χ0v) is 10.9. The average Bonchev–Trinajstić information content (AvgIpc) is 2.83. The van der Waals surface area contributed by atoms with E-state index in [1.54, 1.807) is 11.8 Å². The minimum atomic E-state index is -0.781. The number of benzene rings is 1. The third-order valence-corrected chi connectivity index (χ3v) is 4.74.